The van der Waals surface area contributed by atoms with Crippen LogP contribution in [0, 0.1) is 5.82 Å². The number of hydrogen-bond acceptors (Lipinski definition) is 2. The van der Waals surface area contributed by atoms with Crippen LogP contribution in [0.5, 0.6) is 5.75 Å². The molecule has 0 bridgehead atoms. The Morgan fingerprint density at radius 3 is 2.70 bits per heavy atom. The maximum atomic E-state index is 14.0. The molecule has 0 spiro atoms. The van der Waals surface area contributed by atoms with Crippen molar-refractivity contribution in [3.8, 4) is 5.75 Å². The van der Waals surface area contributed by atoms with Gasteiger partial charge in [0, 0.05) is 25.2 Å². The molecule has 2 aromatic rings. The van der Waals surface area contributed by atoms with Gasteiger partial charge in [-0.05, 0) is 50.0 Å². The van der Waals surface area contributed by atoms with Crippen molar-refractivity contribution < 1.29 is 9.13 Å². The van der Waals surface area contributed by atoms with E-state index in [1.807, 2.05) is 17.8 Å². The minimum absolute atomic E-state index is 0.185. The zero-order chi connectivity index (χ0) is 14.1. The number of rotatable bonds is 4. The molecule has 1 aromatic carbocycles. The Kier molecular flexibility index (Phi) is 3.66. The highest BCUT2D eigenvalue weighted by Crippen LogP contribution is 2.32. The summed E-state index contributed by atoms with van der Waals surface area (Å²) in [7, 11) is 3.54. The molecule has 1 saturated heterocycles. The van der Waals surface area contributed by atoms with Gasteiger partial charge in [0.05, 0.1) is 12.6 Å². The number of fused-ring (bicyclic) bond motifs is 1. The lowest BCUT2D eigenvalue weighted by molar-refractivity contribution is 0.343. The first-order valence-corrected chi connectivity index (χ1v) is 7.23. The summed E-state index contributed by atoms with van der Waals surface area (Å²) < 4.78 is 21.3. The van der Waals surface area contributed by atoms with Crippen molar-refractivity contribution in [1.29, 1.82) is 0 Å². The maximum Gasteiger partial charge on any atom is 0.147 e. The first kappa shape index (κ1) is 13.4. The number of methoxy groups -OCH3 is 1. The zero-order valence-electron chi connectivity index (χ0n) is 12.2. The van der Waals surface area contributed by atoms with Crippen molar-refractivity contribution >= 4 is 10.9 Å². The lowest BCUT2D eigenvalue weighted by Gasteiger charge is -2.14. The van der Waals surface area contributed by atoms with Gasteiger partial charge >= 0.3 is 0 Å². The lowest BCUT2D eigenvalue weighted by Crippen LogP contribution is -2.21. The van der Waals surface area contributed by atoms with Crippen molar-refractivity contribution in [2.24, 2.45) is 7.05 Å². The molecule has 0 aliphatic carbocycles. The molecule has 20 heavy (non-hydrogen) atoms. The summed E-state index contributed by atoms with van der Waals surface area (Å²) in [6, 6.07) is 3.20. The summed E-state index contributed by atoms with van der Waals surface area (Å²) in [6.07, 6.45) is 5.57. The highest BCUT2D eigenvalue weighted by molar-refractivity contribution is 5.90. The Morgan fingerprint density at radius 1 is 1.25 bits per heavy atom. The average molecular weight is 276 g/mol. The van der Waals surface area contributed by atoms with Crippen LogP contribution in [0.1, 0.15) is 18.4 Å². The molecule has 2 heterocycles. The molecule has 0 saturated carbocycles. The van der Waals surface area contributed by atoms with Gasteiger partial charge in [-0.3, -0.25) is 0 Å². The molecule has 0 N–H and O–H groups in total. The summed E-state index contributed by atoms with van der Waals surface area (Å²) in [5, 5.41) is 0.925. The molecule has 1 fully saturated rings. The number of aryl methyl sites for hydroxylation is 1. The summed E-state index contributed by atoms with van der Waals surface area (Å²) >= 11 is 0. The van der Waals surface area contributed by atoms with E-state index < -0.39 is 0 Å². The number of halogens is 1. The Morgan fingerprint density at radius 2 is 2.00 bits per heavy atom. The third-order valence-corrected chi connectivity index (χ3v) is 4.23. The quantitative estimate of drug-likeness (QED) is 0.854. The second-order valence-corrected chi connectivity index (χ2v) is 5.54. The Hall–Kier alpha value is -1.55. The molecule has 0 amide bonds. The minimum Gasteiger partial charge on any atom is -0.496 e. The van der Waals surface area contributed by atoms with E-state index in [0.29, 0.717) is 5.52 Å². The van der Waals surface area contributed by atoms with Crippen LogP contribution < -0.4 is 4.74 Å². The van der Waals surface area contributed by atoms with Gasteiger partial charge in [-0.1, -0.05) is 0 Å². The summed E-state index contributed by atoms with van der Waals surface area (Å²) in [6.45, 7) is 3.42. The van der Waals surface area contributed by atoms with E-state index in [4.69, 9.17) is 4.74 Å². The molecular formula is C16H21FN2O. The van der Waals surface area contributed by atoms with Crippen LogP contribution in [0.3, 0.4) is 0 Å². The van der Waals surface area contributed by atoms with E-state index in [1.54, 1.807) is 13.2 Å². The number of hydrogen-bond donors (Lipinski definition) is 0. The van der Waals surface area contributed by atoms with Crippen LogP contribution in [-0.4, -0.2) is 36.2 Å². The summed E-state index contributed by atoms with van der Waals surface area (Å²) in [4.78, 5) is 2.48. The van der Waals surface area contributed by atoms with E-state index in [-0.39, 0.29) is 5.82 Å². The van der Waals surface area contributed by atoms with Gasteiger partial charge in [0.15, 0.2) is 0 Å². The van der Waals surface area contributed by atoms with E-state index in [2.05, 4.69) is 4.90 Å². The van der Waals surface area contributed by atoms with E-state index >= 15 is 0 Å². The fourth-order valence-electron chi connectivity index (χ4n) is 3.21. The monoisotopic (exact) mass is 276 g/mol. The predicted octanol–water partition coefficient (Wildman–Crippen LogP) is 2.96. The minimum atomic E-state index is -0.185. The highest BCUT2D eigenvalue weighted by Gasteiger charge is 2.17. The predicted molar refractivity (Wildman–Crippen MR) is 78.8 cm³/mol. The average Bonchev–Trinajstić information content (AvgIpc) is 3.06. The van der Waals surface area contributed by atoms with Gasteiger partial charge in [0.2, 0.25) is 0 Å². The van der Waals surface area contributed by atoms with Gasteiger partial charge < -0.3 is 14.2 Å². The molecule has 0 radical (unpaired) electrons. The summed E-state index contributed by atoms with van der Waals surface area (Å²) in [5.74, 6) is 0.578. The number of aromatic nitrogens is 1. The van der Waals surface area contributed by atoms with Crippen molar-refractivity contribution in [3.63, 3.8) is 0 Å². The fraction of sp³-hybridized carbons (Fsp3) is 0.500. The van der Waals surface area contributed by atoms with Crippen molar-refractivity contribution in [1.82, 2.24) is 9.47 Å². The first-order valence-electron chi connectivity index (χ1n) is 7.23. The molecule has 1 aliphatic heterocycles. The normalized spacial score (nSPS) is 16.1. The van der Waals surface area contributed by atoms with Crippen LogP contribution in [0.2, 0.25) is 0 Å². The fourth-order valence-corrected chi connectivity index (χ4v) is 3.21. The van der Waals surface area contributed by atoms with Gasteiger partial charge in [0.25, 0.3) is 0 Å². The van der Waals surface area contributed by atoms with Crippen molar-refractivity contribution in [3.05, 3.63) is 29.7 Å². The largest absolute Gasteiger partial charge is 0.496 e. The third kappa shape index (κ3) is 2.29. The lowest BCUT2D eigenvalue weighted by atomic mass is 10.1. The zero-order valence-corrected chi connectivity index (χ0v) is 12.2. The van der Waals surface area contributed by atoms with Crippen LogP contribution in [0.15, 0.2) is 18.3 Å². The van der Waals surface area contributed by atoms with E-state index in [9.17, 15) is 4.39 Å². The topological polar surface area (TPSA) is 17.4 Å². The molecule has 3 nitrogen and oxygen atoms in total. The van der Waals surface area contributed by atoms with Gasteiger partial charge in [-0.15, -0.1) is 0 Å². The van der Waals surface area contributed by atoms with E-state index in [0.717, 1.165) is 24.1 Å². The van der Waals surface area contributed by atoms with Crippen molar-refractivity contribution in [2.75, 3.05) is 26.7 Å². The molecule has 1 aliphatic rings. The SMILES string of the molecule is COc1ccc(F)c2c1c(CCN1CCCC1)cn2C. The van der Waals surface area contributed by atoms with Gasteiger partial charge in [-0.2, -0.15) is 0 Å². The smallest absolute Gasteiger partial charge is 0.147 e. The van der Waals surface area contributed by atoms with Gasteiger partial charge in [0.1, 0.15) is 11.6 Å². The Bertz CT molecular complexity index is 614. The van der Waals surface area contributed by atoms with Gasteiger partial charge in [-0.25, -0.2) is 4.39 Å². The number of nitrogens with zero attached hydrogens (tertiary/aromatic N) is 2. The highest BCUT2D eigenvalue weighted by atomic mass is 19.1. The van der Waals surface area contributed by atoms with Crippen LogP contribution in [-0.2, 0) is 13.5 Å². The maximum absolute atomic E-state index is 14.0. The number of benzene rings is 1. The summed E-state index contributed by atoms with van der Waals surface area (Å²) in [5.41, 5.74) is 1.81. The van der Waals surface area contributed by atoms with Crippen LogP contribution in [0.4, 0.5) is 4.39 Å². The molecule has 0 unspecified atom stereocenters. The molecule has 1 aromatic heterocycles. The van der Waals surface area contributed by atoms with Crippen LogP contribution >= 0.6 is 0 Å². The Balaban J connectivity index is 1.95. The van der Waals surface area contributed by atoms with E-state index in [1.165, 1.54) is 37.6 Å². The molecule has 3 rings (SSSR count). The third-order valence-electron chi connectivity index (χ3n) is 4.23. The molecule has 4 heteroatoms. The number of ether oxygens (including phenoxy) is 1. The standard InChI is InChI=1S/C16H21FN2O/c1-18-11-12(7-10-19-8-3-4-9-19)15-14(20-2)6-5-13(17)16(15)18/h5-6,11H,3-4,7-10H2,1-2H3. The second-order valence-electron chi connectivity index (χ2n) is 5.54. The molecular weight excluding hydrogens is 255 g/mol. The molecule has 0 atom stereocenters. The van der Waals surface area contributed by atoms with Crippen molar-refractivity contribution in [2.45, 2.75) is 19.3 Å². The second kappa shape index (κ2) is 5.44. The van der Waals surface area contributed by atoms with Crippen LogP contribution in [0.25, 0.3) is 10.9 Å². The molecule has 108 valence electrons. The Labute approximate surface area is 118 Å². The first-order chi connectivity index (χ1) is 9.70. The number of likely N-dealkylation sites (tertiary alicyclic amines) is 1.